The topological polar surface area (TPSA) is 77.6 Å². The molecule has 0 saturated carbocycles. The molecule has 0 unspecified atom stereocenters. The van der Waals surface area contributed by atoms with Gasteiger partial charge in [-0.25, -0.2) is 4.98 Å². The molecule has 2 aromatic carbocycles. The fourth-order valence-electron chi connectivity index (χ4n) is 2.66. The minimum Gasteiger partial charge on any atom is -0.493 e. The second kappa shape index (κ2) is 5.84. The van der Waals surface area contributed by atoms with Crippen LogP contribution in [0.25, 0.3) is 11.0 Å². The first-order valence-corrected chi connectivity index (χ1v) is 7.55. The van der Waals surface area contributed by atoms with Crippen LogP contribution >= 0.6 is 0 Å². The summed E-state index contributed by atoms with van der Waals surface area (Å²) in [4.78, 5) is 7.77. The van der Waals surface area contributed by atoms with Crippen LogP contribution in [-0.2, 0) is 0 Å². The van der Waals surface area contributed by atoms with Crippen LogP contribution in [0.2, 0.25) is 0 Å². The number of benzene rings is 2. The lowest BCUT2D eigenvalue weighted by molar-refractivity contribution is 0.172. The van der Waals surface area contributed by atoms with Gasteiger partial charge in [-0.1, -0.05) is 0 Å². The molecule has 4 rings (SSSR count). The van der Waals surface area contributed by atoms with E-state index in [-0.39, 0.29) is 0 Å². The Hall–Kier alpha value is -3.09. The molecule has 2 heterocycles. The maximum atomic E-state index is 5.59. The zero-order chi connectivity index (χ0) is 16.5. The predicted molar refractivity (Wildman–Crippen MR) is 89.9 cm³/mol. The number of aromatic nitrogens is 2. The van der Waals surface area contributed by atoms with Crippen LogP contribution in [0.5, 0.6) is 23.0 Å². The second-order valence-electron chi connectivity index (χ2n) is 5.29. The average molecular weight is 327 g/mol. The lowest BCUT2D eigenvalue weighted by Gasteiger charge is -2.17. The first kappa shape index (κ1) is 14.5. The zero-order valence-corrected chi connectivity index (χ0v) is 13.4. The molecule has 0 fully saturated rings. The number of nitrogens with one attached hydrogen (secondary N) is 2. The Bertz CT molecular complexity index is 848. The number of aromatic amines is 1. The third-order valence-electron chi connectivity index (χ3n) is 3.79. The van der Waals surface area contributed by atoms with Gasteiger partial charge in [0.1, 0.15) is 13.2 Å². The van der Waals surface area contributed by atoms with E-state index in [1.165, 1.54) is 0 Å². The molecule has 0 amide bonds. The Labute approximate surface area is 138 Å². The zero-order valence-electron chi connectivity index (χ0n) is 13.4. The molecule has 1 aromatic heterocycles. The molecule has 0 spiro atoms. The SMILES string of the molecule is COc1ccc(Nc2nc3cc4c(cc3[nH]2)OCCO4)cc1OC. The first-order valence-electron chi connectivity index (χ1n) is 7.55. The van der Waals surface area contributed by atoms with E-state index in [2.05, 4.69) is 15.3 Å². The van der Waals surface area contributed by atoms with Crippen molar-refractivity contribution in [2.45, 2.75) is 0 Å². The minimum absolute atomic E-state index is 0.555. The van der Waals surface area contributed by atoms with Gasteiger partial charge in [0.15, 0.2) is 23.0 Å². The molecule has 0 bridgehead atoms. The van der Waals surface area contributed by atoms with E-state index in [9.17, 15) is 0 Å². The molecular weight excluding hydrogens is 310 g/mol. The lowest BCUT2D eigenvalue weighted by atomic mass is 10.2. The number of methoxy groups -OCH3 is 2. The van der Waals surface area contributed by atoms with E-state index < -0.39 is 0 Å². The van der Waals surface area contributed by atoms with Crippen molar-refractivity contribution >= 4 is 22.7 Å². The van der Waals surface area contributed by atoms with E-state index >= 15 is 0 Å². The number of anilines is 2. The van der Waals surface area contributed by atoms with Crippen LogP contribution in [0.3, 0.4) is 0 Å². The number of nitrogens with zero attached hydrogens (tertiary/aromatic N) is 1. The first-order chi connectivity index (χ1) is 11.8. The third-order valence-corrected chi connectivity index (χ3v) is 3.79. The van der Waals surface area contributed by atoms with E-state index in [0.29, 0.717) is 30.7 Å². The fraction of sp³-hybridized carbons (Fsp3) is 0.235. The summed E-state index contributed by atoms with van der Waals surface area (Å²) in [6, 6.07) is 9.36. The summed E-state index contributed by atoms with van der Waals surface area (Å²) in [7, 11) is 3.21. The average Bonchev–Trinajstić information content (AvgIpc) is 3.00. The second-order valence-corrected chi connectivity index (χ2v) is 5.29. The summed E-state index contributed by atoms with van der Waals surface area (Å²) in [5.74, 6) is 3.40. The molecule has 3 aromatic rings. The maximum absolute atomic E-state index is 5.59. The van der Waals surface area contributed by atoms with Crippen LogP contribution in [0, 0.1) is 0 Å². The molecule has 1 aliphatic rings. The Morgan fingerprint density at radius 2 is 1.75 bits per heavy atom. The van der Waals surface area contributed by atoms with E-state index in [1.807, 2.05) is 30.3 Å². The van der Waals surface area contributed by atoms with Crippen molar-refractivity contribution in [2.75, 3.05) is 32.8 Å². The highest BCUT2D eigenvalue weighted by Crippen LogP contribution is 2.35. The lowest BCUT2D eigenvalue weighted by Crippen LogP contribution is -2.15. The molecule has 7 heteroatoms. The molecule has 0 atom stereocenters. The van der Waals surface area contributed by atoms with Crippen LogP contribution in [0.15, 0.2) is 30.3 Å². The normalized spacial score (nSPS) is 12.9. The highest BCUT2D eigenvalue weighted by atomic mass is 16.6. The summed E-state index contributed by atoms with van der Waals surface area (Å²) in [5.41, 5.74) is 2.52. The smallest absolute Gasteiger partial charge is 0.205 e. The maximum Gasteiger partial charge on any atom is 0.205 e. The van der Waals surface area contributed by atoms with Gasteiger partial charge < -0.3 is 29.2 Å². The highest BCUT2D eigenvalue weighted by Gasteiger charge is 2.15. The number of imidazole rings is 1. The molecule has 7 nitrogen and oxygen atoms in total. The molecule has 0 saturated heterocycles. The number of ether oxygens (including phenoxy) is 4. The van der Waals surface area contributed by atoms with Gasteiger partial charge in [-0.15, -0.1) is 0 Å². The quantitative estimate of drug-likeness (QED) is 0.767. The molecule has 2 N–H and O–H groups in total. The van der Waals surface area contributed by atoms with Crippen molar-refractivity contribution in [3.8, 4) is 23.0 Å². The van der Waals surface area contributed by atoms with Gasteiger partial charge in [0, 0.05) is 23.9 Å². The molecule has 24 heavy (non-hydrogen) atoms. The molecule has 1 aliphatic heterocycles. The number of fused-ring (bicyclic) bond motifs is 2. The fourth-order valence-corrected chi connectivity index (χ4v) is 2.66. The van der Waals surface area contributed by atoms with E-state index in [4.69, 9.17) is 18.9 Å². The molecule has 0 aliphatic carbocycles. The number of rotatable bonds is 4. The Kier molecular flexibility index (Phi) is 3.53. The number of H-pyrrole nitrogens is 1. The summed E-state index contributed by atoms with van der Waals surface area (Å²) < 4.78 is 21.7. The summed E-state index contributed by atoms with van der Waals surface area (Å²) >= 11 is 0. The van der Waals surface area contributed by atoms with Gasteiger partial charge in [0.2, 0.25) is 5.95 Å². The third kappa shape index (κ3) is 2.54. The number of hydrogen-bond acceptors (Lipinski definition) is 6. The van der Waals surface area contributed by atoms with Gasteiger partial charge in [0.25, 0.3) is 0 Å². The van der Waals surface area contributed by atoms with E-state index in [0.717, 1.165) is 28.2 Å². The van der Waals surface area contributed by atoms with Crippen LogP contribution in [0.4, 0.5) is 11.6 Å². The van der Waals surface area contributed by atoms with Gasteiger partial charge in [-0.05, 0) is 12.1 Å². The van der Waals surface area contributed by atoms with E-state index in [1.54, 1.807) is 14.2 Å². The van der Waals surface area contributed by atoms with Crippen molar-refractivity contribution in [1.82, 2.24) is 9.97 Å². The molecular formula is C17H17N3O4. The van der Waals surface area contributed by atoms with Gasteiger partial charge in [-0.3, -0.25) is 0 Å². The van der Waals surface area contributed by atoms with Crippen molar-refractivity contribution in [2.24, 2.45) is 0 Å². The van der Waals surface area contributed by atoms with Crippen LogP contribution in [0.1, 0.15) is 0 Å². The standard InChI is InChI=1S/C17H17N3O4/c1-21-13-4-3-10(7-14(13)22-2)18-17-19-11-8-15-16(9-12(11)20-17)24-6-5-23-15/h3-4,7-9H,5-6H2,1-2H3,(H2,18,19,20). The Balaban J connectivity index is 1.65. The highest BCUT2D eigenvalue weighted by molar-refractivity contribution is 5.82. The largest absolute Gasteiger partial charge is 0.493 e. The van der Waals surface area contributed by atoms with Gasteiger partial charge in [-0.2, -0.15) is 0 Å². The van der Waals surface area contributed by atoms with Crippen molar-refractivity contribution in [3.05, 3.63) is 30.3 Å². The van der Waals surface area contributed by atoms with Crippen molar-refractivity contribution < 1.29 is 18.9 Å². The van der Waals surface area contributed by atoms with Gasteiger partial charge in [0.05, 0.1) is 25.3 Å². The Morgan fingerprint density at radius 3 is 2.50 bits per heavy atom. The van der Waals surface area contributed by atoms with Gasteiger partial charge >= 0.3 is 0 Å². The summed E-state index contributed by atoms with van der Waals surface area (Å²) in [6.45, 7) is 1.11. The van der Waals surface area contributed by atoms with Crippen molar-refractivity contribution in [3.63, 3.8) is 0 Å². The van der Waals surface area contributed by atoms with Crippen molar-refractivity contribution in [1.29, 1.82) is 0 Å². The predicted octanol–water partition coefficient (Wildman–Crippen LogP) is 3.09. The van der Waals surface area contributed by atoms with Crippen LogP contribution in [-0.4, -0.2) is 37.4 Å². The monoisotopic (exact) mass is 327 g/mol. The molecule has 124 valence electrons. The number of hydrogen-bond donors (Lipinski definition) is 2. The van der Waals surface area contributed by atoms with Crippen LogP contribution < -0.4 is 24.3 Å². The Morgan fingerprint density at radius 1 is 1.00 bits per heavy atom. The summed E-state index contributed by atoms with van der Waals surface area (Å²) in [6.07, 6.45) is 0. The molecule has 0 radical (unpaired) electrons. The summed E-state index contributed by atoms with van der Waals surface area (Å²) in [5, 5.41) is 3.23. The minimum atomic E-state index is 0.555.